The Hall–Kier alpha value is -1.43. The number of hydrogen-bond acceptors (Lipinski definition) is 4. The summed E-state index contributed by atoms with van der Waals surface area (Å²) in [5.41, 5.74) is 5.32. The molecule has 16 heavy (non-hydrogen) atoms. The number of carbonyl (C=O) groups is 3. The predicted octanol–water partition coefficient (Wildman–Crippen LogP) is -1.01. The molecule has 3 amide bonds. The number of amides is 3. The molecule has 6 heteroatoms. The van der Waals surface area contributed by atoms with E-state index in [9.17, 15) is 14.4 Å². The monoisotopic (exact) mass is 227 g/mol. The van der Waals surface area contributed by atoms with Gasteiger partial charge in [-0.15, -0.1) is 0 Å². The van der Waals surface area contributed by atoms with Crippen LogP contribution >= 0.6 is 0 Å². The number of rotatable bonds is 4. The van der Waals surface area contributed by atoms with E-state index in [1.165, 1.54) is 4.90 Å². The fourth-order valence-corrected chi connectivity index (χ4v) is 1.58. The summed E-state index contributed by atoms with van der Waals surface area (Å²) < 4.78 is 0. The van der Waals surface area contributed by atoms with Gasteiger partial charge < -0.3 is 10.6 Å². The van der Waals surface area contributed by atoms with Crippen LogP contribution in [0.15, 0.2) is 0 Å². The SMILES string of the molecule is CC1C(=O)NC(=O)CN1C(=O)CCCCN. The number of hydrogen-bond donors (Lipinski definition) is 2. The highest BCUT2D eigenvalue weighted by Crippen LogP contribution is 2.08. The van der Waals surface area contributed by atoms with E-state index < -0.39 is 17.9 Å². The number of carbonyl (C=O) groups excluding carboxylic acids is 3. The van der Waals surface area contributed by atoms with Crippen molar-refractivity contribution in [3.8, 4) is 0 Å². The van der Waals surface area contributed by atoms with Gasteiger partial charge in [-0.2, -0.15) is 0 Å². The van der Waals surface area contributed by atoms with Crippen molar-refractivity contribution >= 4 is 17.7 Å². The molecule has 1 atom stereocenters. The third-order valence-electron chi connectivity index (χ3n) is 2.59. The molecule has 1 aliphatic heterocycles. The molecule has 1 rings (SSSR count). The van der Waals surface area contributed by atoms with Gasteiger partial charge in [0.05, 0.1) is 0 Å². The molecule has 90 valence electrons. The Morgan fingerprint density at radius 2 is 2.19 bits per heavy atom. The van der Waals surface area contributed by atoms with Gasteiger partial charge in [-0.05, 0) is 26.3 Å². The average molecular weight is 227 g/mol. The maximum Gasteiger partial charge on any atom is 0.249 e. The van der Waals surface area contributed by atoms with Crippen molar-refractivity contribution in [1.82, 2.24) is 10.2 Å². The Morgan fingerprint density at radius 3 is 2.81 bits per heavy atom. The standard InChI is InChI=1S/C10H17N3O3/c1-7-10(16)12-8(14)6-13(7)9(15)4-2-3-5-11/h7H,2-6,11H2,1H3,(H,12,14,16). The van der Waals surface area contributed by atoms with Crippen LogP contribution in [0, 0.1) is 0 Å². The third-order valence-corrected chi connectivity index (χ3v) is 2.59. The number of nitrogens with one attached hydrogen (secondary N) is 1. The first-order valence-corrected chi connectivity index (χ1v) is 5.39. The molecule has 1 heterocycles. The van der Waals surface area contributed by atoms with Crippen LogP contribution in [0.5, 0.6) is 0 Å². The zero-order valence-corrected chi connectivity index (χ0v) is 9.36. The molecule has 1 unspecified atom stereocenters. The molecule has 0 aromatic carbocycles. The lowest BCUT2D eigenvalue weighted by molar-refractivity contribution is -0.149. The number of nitrogens with zero attached hydrogens (tertiary/aromatic N) is 1. The fourth-order valence-electron chi connectivity index (χ4n) is 1.58. The molecule has 1 fully saturated rings. The normalized spacial score (nSPS) is 20.9. The lowest BCUT2D eigenvalue weighted by Crippen LogP contribution is -2.58. The van der Waals surface area contributed by atoms with E-state index in [4.69, 9.17) is 5.73 Å². The van der Waals surface area contributed by atoms with Gasteiger partial charge in [0, 0.05) is 6.42 Å². The van der Waals surface area contributed by atoms with E-state index >= 15 is 0 Å². The first-order valence-electron chi connectivity index (χ1n) is 5.39. The van der Waals surface area contributed by atoms with E-state index in [1.54, 1.807) is 6.92 Å². The van der Waals surface area contributed by atoms with Gasteiger partial charge in [-0.3, -0.25) is 19.7 Å². The number of nitrogens with two attached hydrogens (primary N) is 1. The van der Waals surface area contributed by atoms with Gasteiger partial charge in [0.15, 0.2) is 0 Å². The Morgan fingerprint density at radius 1 is 1.50 bits per heavy atom. The summed E-state index contributed by atoms with van der Waals surface area (Å²) in [6.45, 7) is 2.12. The van der Waals surface area contributed by atoms with Crippen molar-refractivity contribution in [2.75, 3.05) is 13.1 Å². The van der Waals surface area contributed by atoms with E-state index in [1.807, 2.05) is 0 Å². The highest BCUT2D eigenvalue weighted by atomic mass is 16.2. The Labute approximate surface area is 94.2 Å². The molecule has 0 spiro atoms. The van der Waals surface area contributed by atoms with Gasteiger partial charge in [0.1, 0.15) is 12.6 Å². The summed E-state index contributed by atoms with van der Waals surface area (Å²) >= 11 is 0. The molecular formula is C10H17N3O3. The van der Waals surface area contributed by atoms with Crippen molar-refractivity contribution in [2.24, 2.45) is 5.73 Å². The van der Waals surface area contributed by atoms with E-state index in [0.717, 1.165) is 6.42 Å². The zero-order valence-electron chi connectivity index (χ0n) is 9.36. The van der Waals surface area contributed by atoms with E-state index in [-0.39, 0.29) is 12.5 Å². The number of piperazine rings is 1. The Balaban J connectivity index is 2.53. The second-order valence-corrected chi connectivity index (χ2v) is 3.86. The lowest BCUT2D eigenvalue weighted by atomic mass is 10.1. The van der Waals surface area contributed by atoms with Crippen LogP contribution in [0.3, 0.4) is 0 Å². The van der Waals surface area contributed by atoms with Gasteiger partial charge >= 0.3 is 0 Å². The number of imide groups is 1. The first-order chi connectivity index (χ1) is 7.56. The molecule has 0 radical (unpaired) electrons. The quantitative estimate of drug-likeness (QED) is 0.475. The molecular weight excluding hydrogens is 210 g/mol. The molecule has 0 aliphatic carbocycles. The van der Waals surface area contributed by atoms with Crippen molar-refractivity contribution in [3.05, 3.63) is 0 Å². The topological polar surface area (TPSA) is 92.5 Å². The molecule has 0 aromatic heterocycles. The van der Waals surface area contributed by atoms with Crippen LogP contribution in [0.25, 0.3) is 0 Å². The summed E-state index contributed by atoms with van der Waals surface area (Å²) in [4.78, 5) is 35.5. The highest BCUT2D eigenvalue weighted by molar-refractivity contribution is 6.04. The maximum absolute atomic E-state index is 11.7. The number of unbranched alkanes of at least 4 members (excludes halogenated alkanes) is 1. The molecule has 6 nitrogen and oxygen atoms in total. The zero-order chi connectivity index (χ0) is 12.1. The van der Waals surface area contributed by atoms with Gasteiger partial charge in [-0.1, -0.05) is 0 Å². The molecule has 0 saturated carbocycles. The van der Waals surface area contributed by atoms with Crippen LogP contribution in [-0.2, 0) is 14.4 Å². The van der Waals surface area contributed by atoms with Gasteiger partial charge in [0.25, 0.3) is 0 Å². The third kappa shape index (κ3) is 3.03. The van der Waals surface area contributed by atoms with Crippen LogP contribution < -0.4 is 11.1 Å². The van der Waals surface area contributed by atoms with Crippen molar-refractivity contribution in [2.45, 2.75) is 32.2 Å². The minimum absolute atomic E-state index is 0.0334. The van der Waals surface area contributed by atoms with Crippen LogP contribution in [0.1, 0.15) is 26.2 Å². The van der Waals surface area contributed by atoms with Crippen LogP contribution in [0.2, 0.25) is 0 Å². The molecule has 1 aliphatic rings. The fraction of sp³-hybridized carbons (Fsp3) is 0.700. The van der Waals surface area contributed by atoms with Gasteiger partial charge in [-0.25, -0.2) is 0 Å². The van der Waals surface area contributed by atoms with Crippen molar-refractivity contribution < 1.29 is 14.4 Å². The second-order valence-electron chi connectivity index (χ2n) is 3.86. The lowest BCUT2D eigenvalue weighted by Gasteiger charge is -2.31. The summed E-state index contributed by atoms with van der Waals surface area (Å²) in [5, 5.41) is 2.19. The largest absolute Gasteiger partial charge is 0.330 e. The summed E-state index contributed by atoms with van der Waals surface area (Å²) in [6.07, 6.45) is 1.80. The Kier molecular flexibility index (Phi) is 4.42. The summed E-state index contributed by atoms with van der Waals surface area (Å²) in [7, 11) is 0. The van der Waals surface area contributed by atoms with E-state index in [0.29, 0.717) is 19.4 Å². The minimum atomic E-state index is -0.567. The smallest absolute Gasteiger partial charge is 0.249 e. The minimum Gasteiger partial charge on any atom is -0.330 e. The average Bonchev–Trinajstić information content (AvgIpc) is 2.23. The molecule has 3 N–H and O–H groups in total. The maximum atomic E-state index is 11.7. The molecule has 1 saturated heterocycles. The van der Waals surface area contributed by atoms with Crippen LogP contribution in [-0.4, -0.2) is 41.8 Å². The predicted molar refractivity (Wildman–Crippen MR) is 57.2 cm³/mol. The van der Waals surface area contributed by atoms with Crippen molar-refractivity contribution in [3.63, 3.8) is 0 Å². The van der Waals surface area contributed by atoms with Crippen molar-refractivity contribution in [1.29, 1.82) is 0 Å². The molecule has 0 bridgehead atoms. The summed E-state index contributed by atoms with van der Waals surface area (Å²) in [6, 6.07) is -0.567. The van der Waals surface area contributed by atoms with Crippen LogP contribution in [0.4, 0.5) is 0 Å². The van der Waals surface area contributed by atoms with E-state index in [2.05, 4.69) is 5.32 Å². The highest BCUT2D eigenvalue weighted by Gasteiger charge is 2.32. The first kappa shape index (κ1) is 12.6. The molecule has 0 aromatic rings. The Bertz CT molecular complexity index is 304. The second kappa shape index (κ2) is 5.60. The summed E-state index contributed by atoms with van der Waals surface area (Å²) in [5.74, 6) is -0.997. The van der Waals surface area contributed by atoms with Gasteiger partial charge in [0.2, 0.25) is 17.7 Å².